The maximum absolute atomic E-state index is 13.5. The monoisotopic (exact) mass is 474 g/mol. The van der Waals surface area contributed by atoms with E-state index in [1.807, 2.05) is 33.8 Å². The van der Waals surface area contributed by atoms with Crippen LogP contribution in [0, 0.1) is 37.8 Å². The van der Waals surface area contributed by atoms with E-state index in [0.29, 0.717) is 10.6 Å². The first kappa shape index (κ1) is 24.7. The van der Waals surface area contributed by atoms with Crippen LogP contribution in [-0.2, 0) is 10.0 Å². The average Bonchev–Trinajstić information content (AvgIpc) is 2.76. The van der Waals surface area contributed by atoms with E-state index in [0.717, 1.165) is 22.3 Å². The third-order valence-electron chi connectivity index (χ3n) is 6.32. The second-order valence-electron chi connectivity index (χ2n) is 8.64. The first-order valence-corrected chi connectivity index (χ1v) is 12.1. The number of nitrogens with zero attached hydrogens (tertiary/aromatic N) is 4. The van der Waals surface area contributed by atoms with Crippen LogP contribution in [0.1, 0.15) is 32.6 Å². The molecule has 0 aromatic heterocycles. The van der Waals surface area contributed by atoms with Gasteiger partial charge in [0, 0.05) is 58.1 Å². The lowest BCUT2D eigenvalue weighted by Gasteiger charge is -2.35. The third kappa shape index (κ3) is 4.58. The molecule has 1 aliphatic rings. The molecule has 1 fully saturated rings. The molecule has 1 aliphatic heterocycles. The smallest absolute Gasteiger partial charge is 0.270 e. The van der Waals surface area contributed by atoms with Crippen LogP contribution in [0.4, 0.5) is 11.4 Å². The SMILES string of the molecule is Cc1cc(C)c(C)c(S(=O)(=O)N2CCN(C(=O)c3cc([N+](=O)[O-])ccc3N(C)C)CC2)c1C. The molecule has 178 valence electrons. The van der Waals surface area contributed by atoms with Gasteiger partial charge in [-0.3, -0.25) is 14.9 Å². The van der Waals surface area contributed by atoms with Crippen LogP contribution in [0.25, 0.3) is 0 Å². The minimum absolute atomic E-state index is 0.159. The molecule has 0 spiro atoms. The Morgan fingerprint density at radius 2 is 1.52 bits per heavy atom. The summed E-state index contributed by atoms with van der Waals surface area (Å²) in [5.74, 6) is -0.349. The second kappa shape index (κ2) is 9.11. The first-order valence-electron chi connectivity index (χ1n) is 10.7. The first-order chi connectivity index (χ1) is 15.4. The summed E-state index contributed by atoms with van der Waals surface area (Å²) in [6.45, 7) is 8.17. The number of carbonyl (C=O) groups excluding carboxylic acids is 1. The zero-order chi connectivity index (χ0) is 24.7. The van der Waals surface area contributed by atoms with Crippen LogP contribution in [0.15, 0.2) is 29.2 Å². The van der Waals surface area contributed by atoms with Crippen molar-refractivity contribution in [3.63, 3.8) is 0 Å². The molecule has 2 aromatic carbocycles. The number of hydrogen-bond donors (Lipinski definition) is 0. The number of benzene rings is 2. The van der Waals surface area contributed by atoms with Crippen molar-refractivity contribution in [2.24, 2.45) is 0 Å². The van der Waals surface area contributed by atoms with Crippen molar-refractivity contribution in [2.75, 3.05) is 45.2 Å². The largest absolute Gasteiger partial charge is 0.377 e. The van der Waals surface area contributed by atoms with Gasteiger partial charge in [-0.2, -0.15) is 4.31 Å². The fourth-order valence-electron chi connectivity index (χ4n) is 4.20. The van der Waals surface area contributed by atoms with Crippen LogP contribution in [0.5, 0.6) is 0 Å². The van der Waals surface area contributed by atoms with Crippen LogP contribution in [-0.4, -0.2) is 68.7 Å². The van der Waals surface area contributed by atoms with Crippen molar-refractivity contribution in [1.29, 1.82) is 0 Å². The van der Waals surface area contributed by atoms with Gasteiger partial charge in [0.1, 0.15) is 0 Å². The van der Waals surface area contributed by atoms with Crippen LogP contribution >= 0.6 is 0 Å². The Morgan fingerprint density at radius 1 is 0.970 bits per heavy atom. The van der Waals surface area contributed by atoms with Gasteiger partial charge in [0.15, 0.2) is 0 Å². The minimum Gasteiger partial charge on any atom is -0.377 e. The molecule has 0 N–H and O–H groups in total. The van der Waals surface area contributed by atoms with E-state index in [1.165, 1.54) is 16.4 Å². The van der Waals surface area contributed by atoms with E-state index in [2.05, 4.69) is 0 Å². The Labute approximate surface area is 194 Å². The Bertz CT molecular complexity index is 1190. The van der Waals surface area contributed by atoms with Gasteiger partial charge in [0.05, 0.1) is 15.4 Å². The lowest BCUT2D eigenvalue weighted by atomic mass is 10.0. The predicted molar refractivity (Wildman–Crippen MR) is 127 cm³/mol. The highest BCUT2D eigenvalue weighted by molar-refractivity contribution is 7.89. The number of nitro groups is 1. The van der Waals surface area contributed by atoms with Crippen molar-refractivity contribution >= 4 is 27.3 Å². The number of carbonyl (C=O) groups is 1. The summed E-state index contributed by atoms with van der Waals surface area (Å²) >= 11 is 0. The van der Waals surface area contributed by atoms with Crippen LogP contribution in [0.3, 0.4) is 0 Å². The summed E-state index contributed by atoms with van der Waals surface area (Å²) in [5.41, 5.74) is 3.96. The summed E-state index contributed by atoms with van der Waals surface area (Å²) in [6, 6.07) is 6.19. The molecule has 10 heteroatoms. The number of sulfonamides is 1. The van der Waals surface area contributed by atoms with Gasteiger partial charge < -0.3 is 9.80 Å². The molecule has 0 atom stereocenters. The maximum Gasteiger partial charge on any atom is 0.270 e. The van der Waals surface area contributed by atoms with E-state index in [9.17, 15) is 23.3 Å². The summed E-state index contributed by atoms with van der Waals surface area (Å²) in [4.78, 5) is 27.5. The van der Waals surface area contributed by atoms with Gasteiger partial charge >= 0.3 is 0 Å². The quantitative estimate of drug-likeness (QED) is 0.487. The summed E-state index contributed by atoms with van der Waals surface area (Å²) in [5, 5.41) is 11.2. The molecule has 2 aromatic rings. The topological polar surface area (TPSA) is 104 Å². The Hall–Kier alpha value is -2.98. The lowest BCUT2D eigenvalue weighted by Crippen LogP contribution is -2.50. The van der Waals surface area contributed by atoms with E-state index < -0.39 is 14.9 Å². The number of nitro benzene ring substituents is 1. The standard InChI is InChI=1S/C23H30N4O5S/c1-15-13-16(2)18(4)22(17(15)3)33(31,32)26-11-9-25(10-12-26)23(28)20-14-19(27(29)30)7-8-21(20)24(5)6/h7-8,13-14H,9-12H2,1-6H3. The highest BCUT2D eigenvalue weighted by Gasteiger charge is 2.34. The molecule has 3 rings (SSSR count). The van der Waals surface area contributed by atoms with E-state index >= 15 is 0 Å². The fraction of sp³-hybridized carbons (Fsp3) is 0.435. The summed E-state index contributed by atoms with van der Waals surface area (Å²) < 4.78 is 28.4. The Balaban J connectivity index is 1.86. The molecule has 1 saturated heterocycles. The van der Waals surface area contributed by atoms with Crippen molar-refractivity contribution < 1.29 is 18.1 Å². The zero-order valence-corrected chi connectivity index (χ0v) is 20.7. The molecule has 1 heterocycles. The van der Waals surface area contributed by atoms with Gasteiger partial charge in [-0.25, -0.2) is 8.42 Å². The lowest BCUT2D eigenvalue weighted by molar-refractivity contribution is -0.384. The van der Waals surface area contributed by atoms with Gasteiger partial charge in [-0.1, -0.05) is 6.07 Å². The van der Waals surface area contributed by atoms with Crippen molar-refractivity contribution in [3.8, 4) is 0 Å². The highest BCUT2D eigenvalue weighted by atomic mass is 32.2. The van der Waals surface area contributed by atoms with Crippen molar-refractivity contribution in [3.05, 3.63) is 62.2 Å². The molecule has 33 heavy (non-hydrogen) atoms. The normalized spacial score (nSPS) is 14.9. The van der Waals surface area contributed by atoms with Gasteiger partial charge in [0.2, 0.25) is 10.0 Å². The number of anilines is 1. The van der Waals surface area contributed by atoms with E-state index in [-0.39, 0.29) is 43.3 Å². The molecule has 9 nitrogen and oxygen atoms in total. The van der Waals surface area contributed by atoms with E-state index in [1.54, 1.807) is 30.0 Å². The molecular formula is C23H30N4O5S. The van der Waals surface area contributed by atoms with Crippen LogP contribution in [0.2, 0.25) is 0 Å². The van der Waals surface area contributed by atoms with Gasteiger partial charge in [-0.05, 0) is 56.0 Å². The maximum atomic E-state index is 13.5. The third-order valence-corrected chi connectivity index (χ3v) is 8.50. The second-order valence-corrected chi connectivity index (χ2v) is 10.5. The number of aryl methyl sites for hydroxylation is 2. The Morgan fingerprint density at radius 3 is 2.00 bits per heavy atom. The number of non-ortho nitro benzene ring substituents is 1. The number of hydrogen-bond acceptors (Lipinski definition) is 6. The molecule has 0 aliphatic carbocycles. The predicted octanol–water partition coefficient (Wildman–Crippen LogP) is 3.04. The number of rotatable bonds is 5. The molecule has 1 amide bonds. The molecule has 0 radical (unpaired) electrons. The highest BCUT2D eigenvalue weighted by Crippen LogP contribution is 2.30. The van der Waals surface area contributed by atoms with Crippen LogP contribution < -0.4 is 4.90 Å². The van der Waals surface area contributed by atoms with E-state index in [4.69, 9.17) is 0 Å². The Kier molecular flexibility index (Phi) is 6.80. The zero-order valence-electron chi connectivity index (χ0n) is 19.9. The molecule has 0 saturated carbocycles. The number of amides is 1. The molecule has 0 unspecified atom stereocenters. The molecular weight excluding hydrogens is 444 g/mol. The fourth-order valence-corrected chi connectivity index (χ4v) is 6.20. The molecule has 0 bridgehead atoms. The van der Waals surface area contributed by atoms with Gasteiger partial charge in [0.25, 0.3) is 11.6 Å². The van der Waals surface area contributed by atoms with Crippen molar-refractivity contribution in [1.82, 2.24) is 9.21 Å². The minimum atomic E-state index is -3.72. The average molecular weight is 475 g/mol. The van der Waals surface area contributed by atoms with Gasteiger partial charge in [-0.15, -0.1) is 0 Å². The number of piperazine rings is 1. The summed E-state index contributed by atoms with van der Waals surface area (Å²) in [6.07, 6.45) is 0. The van der Waals surface area contributed by atoms with Crippen molar-refractivity contribution in [2.45, 2.75) is 32.6 Å². The summed E-state index contributed by atoms with van der Waals surface area (Å²) in [7, 11) is -0.202.